The van der Waals surface area contributed by atoms with Gasteiger partial charge in [-0.05, 0) is 37.1 Å². The number of nitrogens with zero attached hydrogens (tertiary/aromatic N) is 1. The third kappa shape index (κ3) is 4.34. The number of benzene rings is 2. The molecule has 0 spiro atoms. The number of nitriles is 1. The highest BCUT2D eigenvalue weighted by Crippen LogP contribution is 2.23. The van der Waals surface area contributed by atoms with Crippen LogP contribution in [0.25, 0.3) is 11.1 Å². The molecule has 0 aliphatic heterocycles. The van der Waals surface area contributed by atoms with Crippen LogP contribution < -0.4 is 10.5 Å². The van der Waals surface area contributed by atoms with Crippen molar-refractivity contribution in [3.63, 3.8) is 0 Å². The third-order valence-corrected chi connectivity index (χ3v) is 3.27. The molecule has 2 aromatic rings. The van der Waals surface area contributed by atoms with Gasteiger partial charge in [0.05, 0.1) is 12.2 Å². The van der Waals surface area contributed by atoms with Gasteiger partial charge in [0, 0.05) is 6.42 Å². The third-order valence-electron chi connectivity index (χ3n) is 3.27. The molecule has 0 aromatic heterocycles. The van der Waals surface area contributed by atoms with Crippen LogP contribution in [0.4, 0.5) is 0 Å². The van der Waals surface area contributed by atoms with Crippen LogP contribution in [0, 0.1) is 11.3 Å². The minimum Gasteiger partial charge on any atom is -0.491 e. The first-order chi connectivity index (χ1) is 10.00. The van der Waals surface area contributed by atoms with Crippen molar-refractivity contribution in [2.24, 2.45) is 5.73 Å². The number of ether oxygens (including phenoxy) is 1. The Hall–Kier alpha value is -2.31. The highest BCUT2D eigenvalue weighted by molar-refractivity contribution is 5.63. The van der Waals surface area contributed by atoms with E-state index in [0.717, 1.165) is 11.3 Å². The first-order valence-electron chi connectivity index (χ1n) is 7.02. The van der Waals surface area contributed by atoms with Gasteiger partial charge in [-0.1, -0.05) is 42.5 Å². The van der Waals surface area contributed by atoms with Gasteiger partial charge in [-0.2, -0.15) is 5.26 Å². The monoisotopic (exact) mass is 280 g/mol. The van der Waals surface area contributed by atoms with E-state index in [-0.39, 0.29) is 6.10 Å². The molecular formula is C18H20N2O. The average Bonchev–Trinajstić information content (AvgIpc) is 2.48. The van der Waals surface area contributed by atoms with Crippen LogP contribution in [0.2, 0.25) is 0 Å². The second-order valence-electron chi connectivity index (χ2n) is 5.55. The topological polar surface area (TPSA) is 59.0 Å². The highest BCUT2D eigenvalue weighted by atomic mass is 16.5. The van der Waals surface area contributed by atoms with E-state index in [0.29, 0.717) is 6.42 Å². The molecule has 0 bridgehead atoms. The van der Waals surface area contributed by atoms with Crippen LogP contribution in [0.3, 0.4) is 0 Å². The van der Waals surface area contributed by atoms with E-state index >= 15 is 0 Å². The van der Waals surface area contributed by atoms with Crippen molar-refractivity contribution in [3.05, 3.63) is 54.6 Å². The minimum absolute atomic E-state index is 0.109. The second-order valence-corrected chi connectivity index (χ2v) is 5.55. The van der Waals surface area contributed by atoms with Gasteiger partial charge in [-0.3, -0.25) is 0 Å². The summed E-state index contributed by atoms with van der Waals surface area (Å²) in [6.07, 6.45) is 0.381. The van der Waals surface area contributed by atoms with Gasteiger partial charge in [0.2, 0.25) is 0 Å². The first-order valence-corrected chi connectivity index (χ1v) is 7.02. The van der Waals surface area contributed by atoms with Gasteiger partial charge in [-0.15, -0.1) is 0 Å². The molecule has 3 nitrogen and oxygen atoms in total. The van der Waals surface area contributed by atoms with E-state index in [1.807, 2.05) is 49.4 Å². The molecule has 0 radical (unpaired) electrons. The summed E-state index contributed by atoms with van der Waals surface area (Å²) < 4.78 is 5.81. The lowest BCUT2D eigenvalue weighted by molar-refractivity contribution is 0.191. The Kier molecular flexibility index (Phi) is 4.62. The Morgan fingerprint density at radius 2 is 1.67 bits per heavy atom. The predicted molar refractivity (Wildman–Crippen MR) is 84.8 cm³/mol. The molecule has 0 saturated carbocycles. The normalized spacial score (nSPS) is 14.8. The van der Waals surface area contributed by atoms with Gasteiger partial charge in [0.15, 0.2) is 0 Å². The van der Waals surface area contributed by atoms with Crippen molar-refractivity contribution in [2.75, 3.05) is 0 Å². The van der Waals surface area contributed by atoms with E-state index < -0.39 is 5.54 Å². The van der Waals surface area contributed by atoms with Crippen LogP contribution in [0.5, 0.6) is 5.75 Å². The molecule has 108 valence electrons. The quantitative estimate of drug-likeness (QED) is 0.907. The predicted octanol–water partition coefficient (Wildman–Crippen LogP) is 3.75. The summed E-state index contributed by atoms with van der Waals surface area (Å²) in [6, 6.07) is 20.2. The molecule has 2 unspecified atom stereocenters. The first kappa shape index (κ1) is 15.1. The molecule has 0 heterocycles. The minimum atomic E-state index is -0.858. The molecule has 3 heteroatoms. The smallest absolute Gasteiger partial charge is 0.119 e. The zero-order valence-corrected chi connectivity index (χ0v) is 12.4. The number of nitrogens with two attached hydrogens (primary N) is 1. The van der Waals surface area contributed by atoms with E-state index in [2.05, 4.69) is 18.2 Å². The molecule has 0 saturated heterocycles. The van der Waals surface area contributed by atoms with Crippen molar-refractivity contribution < 1.29 is 4.74 Å². The van der Waals surface area contributed by atoms with Crippen LogP contribution in [-0.4, -0.2) is 11.6 Å². The average molecular weight is 280 g/mol. The molecule has 0 aliphatic rings. The zero-order chi connectivity index (χ0) is 15.3. The van der Waals surface area contributed by atoms with Crippen LogP contribution in [-0.2, 0) is 0 Å². The Balaban J connectivity index is 2.02. The van der Waals surface area contributed by atoms with Crippen LogP contribution in [0.15, 0.2) is 54.6 Å². The lowest BCUT2D eigenvalue weighted by Crippen LogP contribution is -2.38. The summed E-state index contributed by atoms with van der Waals surface area (Å²) in [5, 5.41) is 8.94. The van der Waals surface area contributed by atoms with Crippen molar-refractivity contribution in [2.45, 2.75) is 31.9 Å². The summed E-state index contributed by atoms with van der Waals surface area (Å²) in [7, 11) is 0. The fourth-order valence-corrected chi connectivity index (χ4v) is 2.27. The standard InChI is InChI=1S/C18H20N2O/c1-14(12-18(2,20)13-19)21-17-10-8-16(9-11-17)15-6-4-3-5-7-15/h3-11,14H,12,20H2,1-2H3. The molecule has 2 N–H and O–H groups in total. The Morgan fingerprint density at radius 1 is 1.10 bits per heavy atom. The molecule has 0 fully saturated rings. The number of hydrogen-bond acceptors (Lipinski definition) is 3. The van der Waals surface area contributed by atoms with E-state index in [1.165, 1.54) is 5.56 Å². The van der Waals surface area contributed by atoms with E-state index in [4.69, 9.17) is 15.7 Å². The van der Waals surface area contributed by atoms with E-state index in [9.17, 15) is 0 Å². The Labute approximate surface area is 126 Å². The summed E-state index contributed by atoms with van der Waals surface area (Å²) in [4.78, 5) is 0. The summed E-state index contributed by atoms with van der Waals surface area (Å²) in [6.45, 7) is 3.64. The fourth-order valence-electron chi connectivity index (χ4n) is 2.27. The van der Waals surface area contributed by atoms with E-state index in [1.54, 1.807) is 6.92 Å². The molecule has 2 aromatic carbocycles. The number of rotatable bonds is 5. The molecule has 0 aliphatic carbocycles. The van der Waals surface area contributed by atoms with Gasteiger partial charge < -0.3 is 10.5 Å². The van der Waals surface area contributed by atoms with Crippen molar-refractivity contribution in [3.8, 4) is 22.9 Å². The SMILES string of the molecule is CC(CC(C)(N)C#N)Oc1ccc(-c2ccccc2)cc1. The zero-order valence-electron chi connectivity index (χ0n) is 12.4. The fraction of sp³-hybridized carbons (Fsp3) is 0.278. The Morgan fingerprint density at radius 3 is 2.24 bits per heavy atom. The van der Waals surface area contributed by atoms with Gasteiger partial charge in [0.25, 0.3) is 0 Å². The van der Waals surface area contributed by atoms with Gasteiger partial charge in [-0.25, -0.2) is 0 Å². The lowest BCUT2D eigenvalue weighted by atomic mass is 9.98. The molecular weight excluding hydrogens is 260 g/mol. The maximum atomic E-state index is 8.94. The van der Waals surface area contributed by atoms with Gasteiger partial charge >= 0.3 is 0 Å². The summed E-state index contributed by atoms with van der Waals surface area (Å²) >= 11 is 0. The maximum Gasteiger partial charge on any atom is 0.119 e. The maximum absolute atomic E-state index is 8.94. The van der Waals surface area contributed by atoms with Crippen molar-refractivity contribution >= 4 is 0 Å². The molecule has 2 rings (SSSR count). The lowest BCUT2D eigenvalue weighted by Gasteiger charge is -2.21. The molecule has 0 amide bonds. The van der Waals surface area contributed by atoms with Gasteiger partial charge in [0.1, 0.15) is 11.3 Å². The van der Waals surface area contributed by atoms with Crippen LogP contribution in [0.1, 0.15) is 20.3 Å². The summed E-state index contributed by atoms with van der Waals surface area (Å²) in [5.41, 5.74) is 7.30. The molecule has 21 heavy (non-hydrogen) atoms. The van der Waals surface area contributed by atoms with Crippen molar-refractivity contribution in [1.82, 2.24) is 0 Å². The van der Waals surface area contributed by atoms with Crippen LogP contribution >= 0.6 is 0 Å². The summed E-state index contributed by atoms with van der Waals surface area (Å²) in [5.74, 6) is 0.788. The highest BCUT2D eigenvalue weighted by Gasteiger charge is 2.21. The Bertz CT molecular complexity index is 612. The largest absolute Gasteiger partial charge is 0.491 e. The van der Waals surface area contributed by atoms with Crippen molar-refractivity contribution in [1.29, 1.82) is 5.26 Å². The second kappa shape index (κ2) is 6.43. The number of hydrogen-bond donors (Lipinski definition) is 1. The molecule has 2 atom stereocenters.